The Labute approximate surface area is 117 Å². The average Bonchev–Trinajstić information content (AvgIpc) is 2.46. The molecule has 1 unspecified atom stereocenters. The number of halogens is 1. The van der Waals surface area contributed by atoms with E-state index >= 15 is 0 Å². The second kappa shape index (κ2) is 5.06. The Bertz CT molecular complexity index is 764. The van der Waals surface area contributed by atoms with E-state index in [9.17, 15) is 4.39 Å². The van der Waals surface area contributed by atoms with Gasteiger partial charge in [-0.1, -0.05) is 48.5 Å². The lowest BCUT2D eigenvalue weighted by Crippen LogP contribution is -2.13. The van der Waals surface area contributed by atoms with Crippen molar-refractivity contribution in [3.63, 3.8) is 0 Å². The summed E-state index contributed by atoms with van der Waals surface area (Å²) in [5.41, 5.74) is 8.57. The predicted octanol–water partition coefficient (Wildman–Crippen LogP) is 4.34. The Morgan fingerprint density at radius 3 is 2.40 bits per heavy atom. The van der Waals surface area contributed by atoms with Crippen LogP contribution in [0.1, 0.15) is 22.7 Å². The van der Waals surface area contributed by atoms with E-state index < -0.39 is 6.04 Å². The first-order chi connectivity index (χ1) is 9.65. The molecule has 1 nitrogen and oxygen atoms in total. The van der Waals surface area contributed by atoms with Gasteiger partial charge in [0.25, 0.3) is 0 Å². The summed E-state index contributed by atoms with van der Waals surface area (Å²) in [6.07, 6.45) is 0. The fourth-order valence-electron chi connectivity index (χ4n) is 2.47. The Hall–Kier alpha value is -2.19. The van der Waals surface area contributed by atoms with Gasteiger partial charge in [-0.3, -0.25) is 0 Å². The van der Waals surface area contributed by atoms with Crippen LogP contribution in [0.15, 0.2) is 60.7 Å². The maximum absolute atomic E-state index is 14.0. The summed E-state index contributed by atoms with van der Waals surface area (Å²) in [6, 6.07) is 18.8. The molecule has 0 aliphatic heterocycles. The molecule has 0 saturated carbocycles. The van der Waals surface area contributed by atoms with Gasteiger partial charge in [-0.05, 0) is 41.0 Å². The van der Waals surface area contributed by atoms with Crippen LogP contribution in [0.5, 0.6) is 0 Å². The molecule has 0 heterocycles. The van der Waals surface area contributed by atoms with Crippen LogP contribution in [0.4, 0.5) is 4.39 Å². The van der Waals surface area contributed by atoms with Crippen molar-refractivity contribution in [1.29, 1.82) is 0 Å². The quantitative estimate of drug-likeness (QED) is 0.733. The third-order valence-corrected chi connectivity index (χ3v) is 3.62. The fourth-order valence-corrected chi connectivity index (χ4v) is 2.47. The molecule has 2 N–H and O–H groups in total. The number of benzene rings is 3. The van der Waals surface area contributed by atoms with Gasteiger partial charge in [0.1, 0.15) is 5.82 Å². The number of nitrogens with two attached hydrogens (primary N) is 1. The summed E-state index contributed by atoms with van der Waals surface area (Å²) in [4.78, 5) is 0. The lowest BCUT2D eigenvalue weighted by Gasteiger charge is -2.14. The molecule has 3 aromatic carbocycles. The molecule has 100 valence electrons. The van der Waals surface area contributed by atoms with Crippen LogP contribution in [0.25, 0.3) is 10.8 Å². The average molecular weight is 265 g/mol. The SMILES string of the molecule is Cc1ccc(C(N)c2ccc3ccccc3c2)c(F)c1. The summed E-state index contributed by atoms with van der Waals surface area (Å²) in [6.45, 7) is 1.87. The Balaban J connectivity index is 2.05. The molecule has 0 saturated heterocycles. The van der Waals surface area contributed by atoms with E-state index in [4.69, 9.17) is 5.73 Å². The Morgan fingerprint density at radius 1 is 0.900 bits per heavy atom. The minimum atomic E-state index is -0.444. The van der Waals surface area contributed by atoms with Crippen LogP contribution in [0, 0.1) is 12.7 Å². The zero-order chi connectivity index (χ0) is 14.1. The van der Waals surface area contributed by atoms with E-state index in [0.717, 1.165) is 21.9 Å². The zero-order valence-corrected chi connectivity index (χ0v) is 11.3. The van der Waals surface area contributed by atoms with Gasteiger partial charge in [0.15, 0.2) is 0 Å². The van der Waals surface area contributed by atoms with Crippen molar-refractivity contribution in [1.82, 2.24) is 0 Å². The topological polar surface area (TPSA) is 26.0 Å². The van der Waals surface area contributed by atoms with Crippen molar-refractivity contribution in [2.24, 2.45) is 5.73 Å². The minimum Gasteiger partial charge on any atom is -0.320 e. The monoisotopic (exact) mass is 265 g/mol. The normalized spacial score (nSPS) is 12.6. The highest BCUT2D eigenvalue weighted by atomic mass is 19.1. The van der Waals surface area contributed by atoms with Crippen LogP contribution < -0.4 is 5.73 Å². The molecule has 0 bridgehead atoms. The molecule has 0 aromatic heterocycles. The Morgan fingerprint density at radius 2 is 1.65 bits per heavy atom. The largest absolute Gasteiger partial charge is 0.320 e. The summed E-state index contributed by atoms with van der Waals surface area (Å²) in [5.74, 6) is -0.245. The van der Waals surface area contributed by atoms with E-state index in [1.165, 1.54) is 6.07 Å². The zero-order valence-electron chi connectivity index (χ0n) is 11.3. The van der Waals surface area contributed by atoms with Crippen LogP contribution in [0.3, 0.4) is 0 Å². The van der Waals surface area contributed by atoms with Gasteiger partial charge in [-0.15, -0.1) is 0 Å². The van der Waals surface area contributed by atoms with Crippen molar-refractivity contribution in [2.75, 3.05) is 0 Å². The van der Waals surface area contributed by atoms with Gasteiger partial charge < -0.3 is 5.73 Å². The highest BCUT2D eigenvalue weighted by molar-refractivity contribution is 5.83. The molecule has 2 heteroatoms. The maximum Gasteiger partial charge on any atom is 0.128 e. The number of rotatable bonds is 2. The first-order valence-corrected chi connectivity index (χ1v) is 6.65. The fraction of sp³-hybridized carbons (Fsp3) is 0.111. The van der Waals surface area contributed by atoms with Gasteiger partial charge in [-0.2, -0.15) is 0 Å². The van der Waals surface area contributed by atoms with Gasteiger partial charge in [0.05, 0.1) is 6.04 Å². The summed E-state index contributed by atoms with van der Waals surface area (Å²) >= 11 is 0. The summed E-state index contributed by atoms with van der Waals surface area (Å²) in [7, 11) is 0. The summed E-state index contributed by atoms with van der Waals surface area (Å²) < 4.78 is 14.0. The predicted molar refractivity (Wildman–Crippen MR) is 81.1 cm³/mol. The Kier molecular flexibility index (Phi) is 3.25. The van der Waals surface area contributed by atoms with E-state index in [1.807, 2.05) is 49.4 Å². The van der Waals surface area contributed by atoms with Crippen molar-refractivity contribution < 1.29 is 4.39 Å². The molecule has 0 radical (unpaired) electrons. The number of hydrogen-bond donors (Lipinski definition) is 1. The van der Waals surface area contributed by atoms with E-state index in [0.29, 0.717) is 5.56 Å². The number of hydrogen-bond acceptors (Lipinski definition) is 1. The lowest BCUT2D eigenvalue weighted by molar-refractivity contribution is 0.598. The van der Waals surface area contributed by atoms with Gasteiger partial charge in [0, 0.05) is 5.56 Å². The third-order valence-electron chi connectivity index (χ3n) is 3.62. The van der Waals surface area contributed by atoms with Crippen LogP contribution in [0.2, 0.25) is 0 Å². The molecule has 20 heavy (non-hydrogen) atoms. The first kappa shape index (κ1) is 12.8. The molecule has 3 aromatic rings. The molecule has 3 rings (SSSR count). The maximum atomic E-state index is 14.0. The first-order valence-electron chi connectivity index (χ1n) is 6.65. The van der Waals surface area contributed by atoms with Crippen molar-refractivity contribution in [3.05, 3.63) is 83.2 Å². The van der Waals surface area contributed by atoms with Crippen molar-refractivity contribution in [2.45, 2.75) is 13.0 Å². The third kappa shape index (κ3) is 2.30. The molecule has 0 aliphatic rings. The summed E-state index contributed by atoms with van der Waals surface area (Å²) in [5, 5.41) is 2.28. The lowest BCUT2D eigenvalue weighted by atomic mass is 9.96. The van der Waals surface area contributed by atoms with Gasteiger partial charge in [0.2, 0.25) is 0 Å². The molecule has 0 amide bonds. The van der Waals surface area contributed by atoms with Crippen molar-refractivity contribution in [3.8, 4) is 0 Å². The molecular weight excluding hydrogens is 249 g/mol. The van der Waals surface area contributed by atoms with Gasteiger partial charge in [-0.25, -0.2) is 4.39 Å². The van der Waals surface area contributed by atoms with E-state index in [2.05, 4.69) is 6.07 Å². The number of fused-ring (bicyclic) bond motifs is 1. The molecule has 0 spiro atoms. The van der Waals surface area contributed by atoms with E-state index in [1.54, 1.807) is 6.07 Å². The number of aryl methyl sites for hydroxylation is 1. The molecule has 0 aliphatic carbocycles. The second-order valence-electron chi connectivity index (χ2n) is 5.11. The van der Waals surface area contributed by atoms with Crippen LogP contribution >= 0.6 is 0 Å². The highest BCUT2D eigenvalue weighted by Gasteiger charge is 2.13. The second-order valence-corrected chi connectivity index (χ2v) is 5.11. The standard InChI is InChI=1S/C18H16FN/c1-12-6-9-16(17(19)10-12)18(20)15-8-7-13-4-2-3-5-14(13)11-15/h2-11,18H,20H2,1H3. The van der Waals surface area contributed by atoms with Crippen LogP contribution in [-0.4, -0.2) is 0 Å². The van der Waals surface area contributed by atoms with Crippen molar-refractivity contribution >= 4 is 10.8 Å². The smallest absolute Gasteiger partial charge is 0.128 e. The van der Waals surface area contributed by atoms with E-state index in [-0.39, 0.29) is 5.82 Å². The minimum absolute atomic E-state index is 0.245. The molecule has 1 atom stereocenters. The van der Waals surface area contributed by atoms with Crippen LogP contribution in [-0.2, 0) is 0 Å². The molecule has 0 fully saturated rings. The highest BCUT2D eigenvalue weighted by Crippen LogP contribution is 2.25. The molecular formula is C18H16FN. The van der Waals surface area contributed by atoms with Gasteiger partial charge >= 0.3 is 0 Å².